The fourth-order valence-electron chi connectivity index (χ4n) is 3.49. The van der Waals surface area contributed by atoms with E-state index in [0.29, 0.717) is 11.4 Å². The van der Waals surface area contributed by atoms with E-state index < -0.39 is 0 Å². The highest BCUT2D eigenvalue weighted by Gasteiger charge is 2.36. The van der Waals surface area contributed by atoms with Crippen molar-refractivity contribution < 1.29 is 4.79 Å². The molecule has 0 N–H and O–H groups in total. The average Bonchev–Trinajstić information content (AvgIpc) is 3.33. The molecule has 0 fully saturated rings. The van der Waals surface area contributed by atoms with Crippen molar-refractivity contribution in [2.45, 2.75) is 25.3 Å². The minimum absolute atomic E-state index is 0.00445. The normalized spacial score (nSPS) is 21.9. The number of hydrogen-bond acceptors (Lipinski definition) is 3. The molecule has 2 aliphatic rings. The number of halogens is 1. The molecule has 6 heteroatoms. The molecule has 2 heterocycles. The lowest BCUT2D eigenvalue weighted by Crippen LogP contribution is -2.38. The summed E-state index contributed by atoms with van der Waals surface area (Å²) in [5.41, 5.74) is 2.70. The monoisotopic (exact) mass is 392 g/mol. The van der Waals surface area contributed by atoms with Gasteiger partial charge in [-0.05, 0) is 35.6 Å². The Kier molecular flexibility index (Phi) is 5.32. The van der Waals surface area contributed by atoms with E-state index in [0.717, 1.165) is 34.5 Å². The van der Waals surface area contributed by atoms with Gasteiger partial charge in [0.25, 0.3) is 0 Å². The Morgan fingerprint density at radius 1 is 1.30 bits per heavy atom. The maximum atomic E-state index is 13.1. The summed E-state index contributed by atoms with van der Waals surface area (Å²) in [6.45, 7) is 0. The summed E-state index contributed by atoms with van der Waals surface area (Å²) in [5, 5.41) is 9.11. The predicted octanol–water partition coefficient (Wildman–Crippen LogP) is 4.58. The molecule has 27 heavy (non-hydrogen) atoms. The molecule has 0 spiro atoms. The summed E-state index contributed by atoms with van der Waals surface area (Å²) in [4.78, 5) is 14.2. The van der Waals surface area contributed by atoms with E-state index in [-0.39, 0.29) is 17.9 Å². The zero-order valence-corrected chi connectivity index (χ0v) is 16.3. The van der Waals surface area contributed by atoms with Gasteiger partial charge in [-0.3, -0.25) is 4.79 Å². The predicted molar refractivity (Wildman–Crippen MR) is 112 cm³/mol. The second-order valence-electron chi connectivity index (χ2n) is 6.80. The van der Waals surface area contributed by atoms with Gasteiger partial charge in [0.2, 0.25) is 5.91 Å². The Hall–Kier alpha value is -2.11. The van der Waals surface area contributed by atoms with Gasteiger partial charge >= 0.3 is 0 Å². The SMILES string of the molecule is [B]C1=CCC(C2CC(c3cccs3)=NN2C(=O)Cc2ccc(Cl)cc2)C=C1. The summed E-state index contributed by atoms with van der Waals surface area (Å²) in [6.07, 6.45) is 7.95. The molecule has 1 aliphatic carbocycles. The van der Waals surface area contributed by atoms with E-state index in [4.69, 9.17) is 24.5 Å². The highest BCUT2D eigenvalue weighted by atomic mass is 35.5. The van der Waals surface area contributed by atoms with Crippen molar-refractivity contribution in [1.82, 2.24) is 5.01 Å². The summed E-state index contributed by atoms with van der Waals surface area (Å²) >= 11 is 7.60. The number of hydrazone groups is 1. The van der Waals surface area contributed by atoms with Crippen LogP contribution in [0.2, 0.25) is 5.02 Å². The topological polar surface area (TPSA) is 32.7 Å². The maximum absolute atomic E-state index is 13.1. The summed E-state index contributed by atoms with van der Waals surface area (Å²) in [7, 11) is 5.86. The van der Waals surface area contributed by atoms with Gasteiger partial charge in [-0.1, -0.05) is 48.0 Å². The van der Waals surface area contributed by atoms with Crippen molar-refractivity contribution in [1.29, 1.82) is 0 Å². The molecule has 4 rings (SSSR count). The molecule has 1 aromatic carbocycles. The molecule has 0 saturated carbocycles. The molecule has 0 saturated heterocycles. The van der Waals surface area contributed by atoms with Crippen LogP contribution in [-0.2, 0) is 11.2 Å². The van der Waals surface area contributed by atoms with Crippen LogP contribution in [0, 0.1) is 5.92 Å². The lowest BCUT2D eigenvalue weighted by Gasteiger charge is -2.28. The lowest BCUT2D eigenvalue weighted by atomic mass is 9.82. The summed E-state index contributed by atoms with van der Waals surface area (Å²) < 4.78 is 0. The third kappa shape index (κ3) is 4.09. The maximum Gasteiger partial charge on any atom is 0.247 e. The number of allylic oxidation sites excluding steroid dienone is 3. The highest BCUT2D eigenvalue weighted by Crippen LogP contribution is 2.32. The number of thiophene rings is 1. The van der Waals surface area contributed by atoms with Crippen LogP contribution in [-0.4, -0.2) is 30.5 Å². The Morgan fingerprint density at radius 2 is 2.11 bits per heavy atom. The third-order valence-corrected chi connectivity index (χ3v) is 6.10. The number of carbonyl (C=O) groups excluding carboxylic acids is 1. The van der Waals surface area contributed by atoms with Crippen LogP contribution < -0.4 is 0 Å². The van der Waals surface area contributed by atoms with Crippen LogP contribution in [0.4, 0.5) is 0 Å². The quantitative estimate of drug-likeness (QED) is 0.701. The Bertz CT molecular complexity index is 918. The van der Waals surface area contributed by atoms with Gasteiger partial charge < -0.3 is 0 Å². The lowest BCUT2D eigenvalue weighted by molar-refractivity contribution is -0.132. The highest BCUT2D eigenvalue weighted by molar-refractivity contribution is 7.12. The molecule has 2 unspecified atom stereocenters. The molecule has 134 valence electrons. The molecule has 0 bridgehead atoms. The van der Waals surface area contributed by atoms with Crippen molar-refractivity contribution in [2.75, 3.05) is 0 Å². The number of rotatable bonds is 4. The van der Waals surface area contributed by atoms with E-state index >= 15 is 0 Å². The van der Waals surface area contributed by atoms with E-state index in [1.54, 1.807) is 16.3 Å². The van der Waals surface area contributed by atoms with Crippen molar-refractivity contribution in [3.8, 4) is 0 Å². The number of benzene rings is 1. The van der Waals surface area contributed by atoms with Crippen LogP contribution in [0.5, 0.6) is 0 Å². The first-order chi connectivity index (χ1) is 13.1. The zero-order valence-electron chi connectivity index (χ0n) is 14.7. The van der Waals surface area contributed by atoms with Crippen molar-refractivity contribution in [3.05, 3.63) is 80.9 Å². The smallest absolute Gasteiger partial charge is 0.247 e. The molecular weight excluding hydrogens is 375 g/mol. The Labute approximate surface area is 169 Å². The van der Waals surface area contributed by atoms with Gasteiger partial charge in [0, 0.05) is 17.4 Å². The van der Waals surface area contributed by atoms with Crippen LogP contribution in [0.3, 0.4) is 0 Å². The number of nitrogens with zero attached hydrogens (tertiary/aromatic N) is 2. The Balaban J connectivity index is 1.57. The first-order valence-corrected chi connectivity index (χ1v) is 10.2. The van der Waals surface area contributed by atoms with Gasteiger partial charge in [0.05, 0.1) is 23.1 Å². The second kappa shape index (κ2) is 7.87. The summed E-state index contributed by atoms with van der Waals surface area (Å²) in [6, 6.07) is 11.5. The van der Waals surface area contributed by atoms with Crippen molar-refractivity contribution >= 4 is 42.4 Å². The first-order valence-electron chi connectivity index (χ1n) is 8.92. The molecule has 3 nitrogen and oxygen atoms in total. The van der Waals surface area contributed by atoms with Crippen molar-refractivity contribution in [2.24, 2.45) is 11.0 Å². The zero-order chi connectivity index (χ0) is 18.8. The van der Waals surface area contributed by atoms with Crippen LogP contribution >= 0.6 is 22.9 Å². The minimum atomic E-state index is 0.00445. The minimum Gasteiger partial charge on any atom is -0.273 e. The first kappa shape index (κ1) is 18.3. The van der Waals surface area contributed by atoms with E-state index in [2.05, 4.69) is 12.1 Å². The standard InChI is InChI=1S/C21H18BClN2OS/c22-16-7-5-15(6-8-16)19-13-18(20-2-1-11-27-20)24-25(19)21(26)12-14-3-9-17(23)10-4-14/h1-5,7-11,15,19H,6,12-13H2. The van der Waals surface area contributed by atoms with Crippen molar-refractivity contribution in [3.63, 3.8) is 0 Å². The molecule has 1 aromatic heterocycles. The molecule has 2 radical (unpaired) electrons. The van der Waals surface area contributed by atoms with E-state index in [1.807, 2.05) is 47.9 Å². The van der Waals surface area contributed by atoms with Crippen LogP contribution in [0.15, 0.2) is 70.6 Å². The largest absolute Gasteiger partial charge is 0.273 e. The molecule has 2 atom stereocenters. The van der Waals surface area contributed by atoms with Gasteiger partial charge in [0.15, 0.2) is 0 Å². The molecule has 2 aromatic rings. The molecular formula is C21H18BClN2OS. The fourth-order valence-corrected chi connectivity index (χ4v) is 4.34. The fraction of sp³-hybridized carbons (Fsp3) is 0.238. The number of carbonyl (C=O) groups is 1. The molecule has 1 amide bonds. The van der Waals surface area contributed by atoms with E-state index in [9.17, 15) is 4.79 Å². The van der Waals surface area contributed by atoms with Gasteiger partial charge in [-0.15, -0.1) is 16.8 Å². The third-order valence-electron chi connectivity index (χ3n) is 4.93. The number of hydrogen-bond donors (Lipinski definition) is 0. The Morgan fingerprint density at radius 3 is 2.78 bits per heavy atom. The number of amides is 1. The van der Waals surface area contributed by atoms with Crippen LogP contribution in [0.1, 0.15) is 23.3 Å². The van der Waals surface area contributed by atoms with Gasteiger partial charge in [-0.25, -0.2) is 5.01 Å². The summed E-state index contributed by atoms with van der Waals surface area (Å²) in [5.74, 6) is 0.220. The average molecular weight is 393 g/mol. The van der Waals surface area contributed by atoms with Gasteiger partial charge in [0.1, 0.15) is 7.85 Å². The second-order valence-corrected chi connectivity index (χ2v) is 8.18. The van der Waals surface area contributed by atoms with E-state index in [1.165, 1.54) is 0 Å². The van der Waals surface area contributed by atoms with Gasteiger partial charge in [-0.2, -0.15) is 5.10 Å². The van der Waals surface area contributed by atoms with Crippen LogP contribution in [0.25, 0.3) is 0 Å². The molecule has 1 aliphatic heterocycles.